The second kappa shape index (κ2) is 7.25. The van der Waals surface area contributed by atoms with E-state index in [0.717, 1.165) is 5.69 Å². The van der Waals surface area contributed by atoms with Crippen LogP contribution in [0.15, 0.2) is 48.7 Å². The van der Waals surface area contributed by atoms with E-state index in [1.54, 1.807) is 24.4 Å². The number of nitrogens with zero attached hydrogens (tertiary/aromatic N) is 1. The molecule has 0 aliphatic carbocycles. The van der Waals surface area contributed by atoms with Gasteiger partial charge in [-0.3, -0.25) is 4.98 Å². The summed E-state index contributed by atoms with van der Waals surface area (Å²) in [4.78, 5) is 15.2. The fourth-order valence-electron chi connectivity index (χ4n) is 1.72. The average Bonchev–Trinajstić information content (AvgIpc) is 2.48. The molecule has 0 atom stereocenters. The first-order chi connectivity index (χ1) is 9.77. The lowest BCUT2D eigenvalue weighted by Crippen LogP contribution is -2.21. The first kappa shape index (κ1) is 14.0. The normalized spacial score (nSPS) is 10.2. The second-order valence-corrected chi connectivity index (χ2v) is 4.15. The van der Waals surface area contributed by atoms with E-state index in [2.05, 4.69) is 10.3 Å². The summed E-state index contributed by atoms with van der Waals surface area (Å²) in [5.74, 6) is -0.596. The van der Waals surface area contributed by atoms with Gasteiger partial charge in [0.15, 0.2) is 0 Å². The molecule has 1 aromatic heterocycles. The van der Waals surface area contributed by atoms with Crippen molar-refractivity contribution < 1.29 is 14.6 Å². The number of benzene rings is 1. The Kier molecular flexibility index (Phi) is 5.08. The van der Waals surface area contributed by atoms with Gasteiger partial charge >= 0.3 is 5.97 Å². The molecular weight excluding hydrogens is 256 g/mol. The molecule has 1 heterocycles. The van der Waals surface area contributed by atoms with Gasteiger partial charge in [0.1, 0.15) is 17.9 Å². The maximum Gasteiger partial charge on any atom is 0.339 e. The van der Waals surface area contributed by atoms with Gasteiger partial charge in [0.05, 0.1) is 5.69 Å². The zero-order chi connectivity index (χ0) is 14.2. The quantitative estimate of drug-likeness (QED) is 0.754. The van der Waals surface area contributed by atoms with Crippen LogP contribution in [-0.2, 0) is 6.54 Å². The highest BCUT2D eigenvalue weighted by Crippen LogP contribution is 2.17. The van der Waals surface area contributed by atoms with Crippen LogP contribution in [0.1, 0.15) is 16.1 Å². The number of ether oxygens (including phenoxy) is 1. The molecule has 104 valence electrons. The molecule has 1 aromatic carbocycles. The Morgan fingerprint density at radius 2 is 2.00 bits per heavy atom. The summed E-state index contributed by atoms with van der Waals surface area (Å²) in [6, 6.07) is 12.4. The molecule has 0 aliphatic rings. The van der Waals surface area contributed by atoms with Gasteiger partial charge in [0, 0.05) is 19.3 Å². The van der Waals surface area contributed by atoms with E-state index in [-0.39, 0.29) is 5.56 Å². The van der Waals surface area contributed by atoms with Crippen molar-refractivity contribution in [1.29, 1.82) is 0 Å². The molecule has 2 rings (SSSR count). The maximum absolute atomic E-state index is 11.0. The van der Waals surface area contributed by atoms with Gasteiger partial charge < -0.3 is 15.2 Å². The van der Waals surface area contributed by atoms with E-state index in [1.807, 2.05) is 18.2 Å². The Morgan fingerprint density at radius 3 is 2.75 bits per heavy atom. The Bertz CT molecular complexity index is 558. The van der Waals surface area contributed by atoms with Crippen molar-refractivity contribution in [3.05, 3.63) is 59.9 Å². The number of carbonyl (C=O) groups is 1. The number of pyridine rings is 1. The monoisotopic (exact) mass is 272 g/mol. The SMILES string of the molecule is O=C(O)c1ccccc1OCCNCc1ccccn1. The van der Waals surface area contributed by atoms with E-state index in [1.165, 1.54) is 6.07 Å². The van der Waals surface area contributed by atoms with Crippen molar-refractivity contribution in [3.8, 4) is 5.75 Å². The standard InChI is InChI=1S/C15H16N2O3/c18-15(19)13-6-1-2-7-14(13)20-10-9-16-11-12-5-3-4-8-17-12/h1-8,16H,9-11H2,(H,18,19). The molecular formula is C15H16N2O3. The molecule has 5 heteroatoms. The number of carboxylic acid groups (broad SMARTS) is 1. The first-order valence-corrected chi connectivity index (χ1v) is 6.33. The summed E-state index contributed by atoms with van der Waals surface area (Å²) >= 11 is 0. The van der Waals surface area contributed by atoms with Crippen molar-refractivity contribution >= 4 is 5.97 Å². The van der Waals surface area contributed by atoms with Gasteiger partial charge in [-0.25, -0.2) is 4.79 Å². The van der Waals surface area contributed by atoms with Crippen LogP contribution in [0.3, 0.4) is 0 Å². The van der Waals surface area contributed by atoms with Crippen LogP contribution in [0.2, 0.25) is 0 Å². The van der Waals surface area contributed by atoms with Crippen molar-refractivity contribution in [2.75, 3.05) is 13.2 Å². The molecule has 0 spiro atoms. The third kappa shape index (κ3) is 4.07. The van der Waals surface area contributed by atoms with Crippen LogP contribution in [-0.4, -0.2) is 29.2 Å². The van der Waals surface area contributed by atoms with Crippen LogP contribution in [0.5, 0.6) is 5.75 Å². The molecule has 0 unspecified atom stereocenters. The summed E-state index contributed by atoms with van der Waals surface area (Å²) < 4.78 is 5.47. The number of rotatable bonds is 7. The highest BCUT2D eigenvalue weighted by Gasteiger charge is 2.09. The maximum atomic E-state index is 11.0. The van der Waals surface area contributed by atoms with Gasteiger partial charge in [0.2, 0.25) is 0 Å². The molecule has 0 saturated carbocycles. The van der Waals surface area contributed by atoms with Crippen molar-refractivity contribution in [3.63, 3.8) is 0 Å². The Hall–Kier alpha value is -2.40. The van der Waals surface area contributed by atoms with Crippen molar-refractivity contribution in [1.82, 2.24) is 10.3 Å². The number of hydrogen-bond donors (Lipinski definition) is 2. The average molecular weight is 272 g/mol. The third-order valence-corrected chi connectivity index (χ3v) is 2.69. The zero-order valence-corrected chi connectivity index (χ0v) is 11.0. The fraction of sp³-hybridized carbons (Fsp3) is 0.200. The van der Waals surface area contributed by atoms with E-state index >= 15 is 0 Å². The molecule has 0 bridgehead atoms. The van der Waals surface area contributed by atoms with Gasteiger partial charge in [-0.2, -0.15) is 0 Å². The number of hydrogen-bond acceptors (Lipinski definition) is 4. The fourth-order valence-corrected chi connectivity index (χ4v) is 1.72. The van der Waals surface area contributed by atoms with Crippen molar-refractivity contribution in [2.45, 2.75) is 6.54 Å². The number of aromatic nitrogens is 1. The molecule has 0 amide bonds. The van der Waals surface area contributed by atoms with Gasteiger partial charge in [-0.1, -0.05) is 18.2 Å². The van der Waals surface area contributed by atoms with Gasteiger partial charge in [0.25, 0.3) is 0 Å². The zero-order valence-electron chi connectivity index (χ0n) is 11.0. The number of aromatic carboxylic acids is 1. The molecule has 2 N–H and O–H groups in total. The van der Waals surface area contributed by atoms with Crippen LogP contribution in [0.25, 0.3) is 0 Å². The summed E-state index contributed by atoms with van der Waals surface area (Å²) in [5.41, 5.74) is 1.13. The van der Waals surface area contributed by atoms with E-state index in [9.17, 15) is 4.79 Å². The first-order valence-electron chi connectivity index (χ1n) is 6.33. The minimum Gasteiger partial charge on any atom is -0.491 e. The minimum atomic E-state index is -0.984. The molecule has 0 fully saturated rings. The van der Waals surface area contributed by atoms with E-state index in [0.29, 0.717) is 25.4 Å². The summed E-state index contributed by atoms with van der Waals surface area (Å²) in [5, 5.41) is 12.2. The second-order valence-electron chi connectivity index (χ2n) is 4.15. The summed E-state index contributed by atoms with van der Waals surface area (Å²) in [6.45, 7) is 1.67. The molecule has 0 aliphatic heterocycles. The van der Waals surface area contributed by atoms with Crippen LogP contribution >= 0.6 is 0 Å². The number of carboxylic acids is 1. The summed E-state index contributed by atoms with van der Waals surface area (Å²) in [7, 11) is 0. The molecule has 0 radical (unpaired) electrons. The third-order valence-electron chi connectivity index (χ3n) is 2.69. The number of para-hydroxylation sites is 1. The van der Waals surface area contributed by atoms with Gasteiger partial charge in [-0.15, -0.1) is 0 Å². The summed E-state index contributed by atoms with van der Waals surface area (Å²) in [6.07, 6.45) is 1.75. The molecule has 20 heavy (non-hydrogen) atoms. The van der Waals surface area contributed by atoms with E-state index < -0.39 is 5.97 Å². The van der Waals surface area contributed by atoms with Crippen LogP contribution in [0, 0.1) is 0 Å². The van der Waals surface area contributed by atoms with Crippen molar-refractivity contribution in [2.24, 2.45) is 0 Å². The highest BCUT2D eigenvalue weighted by atomic mass is 16.5. The van der Waals surface area contributed by atoms with E-state index in [4.69, 9.17) is 9.84 Å². The van der Waals surface area contributed by atoms with Crippen LogP contribution in [0.4, 0.5) is 0 Å². The molecule has 0 saturated heterocycles. The lowest BCUT2D eigenvalue weighted by molar-refractivity contribution is 0.0692. The highest BCUT2D eigenvalue weighted by molar-refractivity contribution is 5.90. The minimum absolute atomic E-state index is 0.178. The molecule has 2 aromatic rings. The largest absolute Gasteiger partial charge is 0.491 e. The number of nitrogens with one attached hydrogen (secondary N) is 1. The Balaban J connectivity index is 1.75. The molecule has 5 nitrogen and oxygen atoms in total. The predicted octanol–water partition coefficient (Wildman–Crippen LogP) is 1.95. The van der Waals surface area contributed by atoms with Crippen LogP contribution < -0.4 is 10.1 Å². The topological polar surface area (TPSA) is 71.5 Å². The smallest absolute Gasteiger partial charge is 0.339 e. The lowest BCUT2D eigenvalue weighted by atomic mass is 10.2. The predicted molar refractivity (Wildman–Crippen MR) is 74.8 cm³/mol. The van der Waals surface area contributed by atoms with Gasteiger partial charge in [-0.05, 0) is 24.3 Å². The Labute approximate surface area is 117 Å². The Morgan fingerprint density at radius 1 is 1.20 bits per heavy atom. The lowest BCUT2D eigenvalue weighted by Gasteiger charge is -2.09.